The van der Waals surface area contributed by atoms with Gasteiger partial charge >= 0.3 is 5.97 Å². The molecule has 17 heavy (non-hydrogen) atoms. The minimum absolute atomic E-state index is 0.354. The molecule has 0 fully saturated rings. The highest BCUT2D eigenvalue weighted by Crippen LogP contribution is 2.26. The third-order valence-corrected chi connectivity index (χ3v) is 2.99. The summed E-state index contributed by atoms with van der Waals surface area (Å²) in [7, 11) is 0. The van der Waals surface area contributed by atoms with Gasteiger partial charge in [-0.25, -0.2) is 4.79 Å². The van der Waals surface area contributed by atoms with Crippen LogP contribution in [-0.4, -0.2) is 11.1 Å². The quantitative estimate of drug-likeness (QED) is 0.714. The second-order valence-corrected chi connectivity index (χ2v) is 4.28. The smallest absolute Gasteiger partial charge is 0.335 e. The molecule has 0 bridgehead atoms. The van der Waals surface area contributed by atoms with Gasteiger partial charge in [0.05, 0.1) is 5.56 Å². The number of hydrogen-bond acceptors (Lipinski definition) is 1. The van der Waals surface area contributed by atoms with Crippen molar-refractivity contribution in [3.63, 3.8) is 0 Å². The molecule has 2 heteroatoms. The van der Waals surface area contributed by atoms with E-state index in [9.17, 15) is 4.79 Å². The van der Waals surface area contributed by atoms with Crippen LogP contribution in [0.25, 0.3) is 0 Å². The molecule has 1 unspecified atom stereocenters. The van der Waals surface area contributed by atoms with Crippen LogP contribution in [0.4, 0.5) is 0 Å². The third kappa shape index (κ3) is 4.06. The standard InChI is InChI=1S/C15H20O2/c1-3-5-7-12(6-4-2)13-8-10-14(11-9-13)15(16)17/h3,8-12H,1,4-7H2,2H3,(H,16,17). The van der Waals surface area contributed by atoms with E-state index in [2.05, 4.69) is 13.5 Å². The number of carbonyl (C=O) groups is 1. The summed E-state index contributed by atoms with van der Waals surface area (Å²) in [6.45, 7) is 5.92. The number of carboxylic acids is 1. The second-order valence-electron chi connectivity index (χ2n) is 4.28. The summed E-state index contributed by atoms with van der Waals surface area (Å²) in [4.78, 5) is 10.8. The van der Waals surface area contributed by atoms with E-state index >= 15 is 0 Å². The van der Waals surface area contributed by atoms with Gasteiger partial charge in [-0.3, -0.25) is 0 Å². The van der Waals surface area contributed by atoms with E-state index in [-0.39, 0.29) is 0 Å². The van der Waals surface area contributed by atoms with E-state index < -0.39 is 5.97 Å². The Morgan fingerprint density at radius 1 is 1.35 bits per heavy atom. The third-order valence-electron chi connectivity index (χ3n) is 2.99. The maximum Gasteiger partial charge on any atom is 0.335 e. The largest absolute Gasteiger partial charge is 0.478 e. The first-order valence-electron chi connectivity index (χ1n) is 6.13. The average Bonchev–Trinajstić information content (AvgIpc) is 2.34. The van der Waals surface area contributed by atoms with E-state index in [0.717, 1.165) is 25.7 Å². The highest BCUT2D eigenvalue weighted by Gasteiger charge is 2.10. The monoisotopic (exact) mass is 232 g/mol. The minimum Gasteiger partial charge on any atom is -0.478 e. The van der Waals surface area contributed by atoms with E-state index in [1.54, 1.807) is 12.1 Å². The molecule has 1 N–H and O–H groups in total. The van der Waals surface area contributed by atoms with Gasteiger partial charge in [-0.1, -0.05) is 31.6 Å². The van der Waals surface area contributed by atoms with Crippen LogP contribution < -0.4 is 0 Å². The maximum absolute atomic E-state index is 10.8. The zero-order chi connectivity index (χ0) is 12.7. The lowest BCUT2D eigenvalue weighted by atomic mass is 9.90. The Morgan fingerprint density at radius 3 is 2.47 bits per heavy atom. The summed E-state index contributed by atoms with van der Waals surface area (Å²) in [5, 5.41) is 8.85. The number of aromatic carboxylic acids is 1. The molecular formula is C15H20O2. The number of hydrogen-bond donors (Lipinski definition) is 1. The lowest BCUT2D eigenvalue weighted by molar-refractivity contribution is 0.0697. The maximum atomic E-state index is 10.8. The fourth-order valence-electron chi connectivity index (χ4n) is 2.04. The Bertz CT molecular complexity index is 365. The molecule has 1 atom stereocenters. The first-order chi connectivity index (χ1) is 8.19. The first-order valence-corrected chi connectivity index (χ1v) is 6.13. The van der Waals surface area contributed by atoms with Crippen LogP contribution in [0.2, 0.25) is 0 Å². The zero-order valence-corrected chi connectivity index (χ0v) is 10.4. The summed E-state index contributed by atoms with van der Waals surface area (Å²) in [6, 6.07) is 7.25. The van der Waals surface area contributed by atoms with E-state index in [1.807, 2.05) is 18.2 Å². The summed E-state index contributed by atoms with van der Waals surface area (Å²) >= 11 is 0. The lowest BCUT2D eigenvalue weighted by Crippen LogP contribution is -2.01. The second kappa shape index (κ2) is 6.89. The molecule has 1 aromatic carbocycles. The normalized spacial score (nSPS) is 12.1. The Morgan fingerprint density at radius 2 is 2.00 bits per heavy atom. The van der Waals surface area contributed by atoms with E-state index in [0.29, 0.717) is 11.5 Å². The predicted octanol–water partition coefficient (Wildman–Crippen LogP) is 4.23. The summed E-state index contributed by atoms with van der Waals surface area (Å²) in [6.07, 6.45) is 6.31. The van der Waals surface area contributed by atoms with Gasteiger partial charge in [0.15, 0.2) is 0 Å². The fraction of sp³-hybridized carbons (Fsp3) is 0.400. The molecule has 0 aliphatic rings. The zero-order valence-electron chi connectivity index (χ0n) is 10.4. The highest BCUT2D eigenvalue weighted by atomic mass is 16.4. The number of rotatable bonds is 7. The summed E-state index contributed by atoms with van der Waals surface area (Å²) in [5.74, 6) is -0.351. The number of allylic oxidation sites excluding steroid dienone is 1. The van der Waals surface area contributed by atoms with Crippen molar-refractivity contribution in [1.82, 2.24) is 0 Å². The van der Waals surface area contributed by atoms with Crippen molar-refractivity contribution >= 4 is 5.97 Å². The highest BCUT2D eigenvalue weighted by molar-refractivity contribution is 5.87. The van der Waals surface area contributed by atoms with Crippen LogP contribution >= 0.6 is 0 Å². The lowest BCUT2D eigenvalue weighted by Gasteiger charge is -2.15. The van der Waals surface area contributed by atoms with Crippen LogP contribution in [0.3, 0.4) is 0 Å². The van der Waals surface area contributed by atoms with Gasteiger partial charge in [-0.15, -0.1) is 6.58 Å². The van der Waals surface area contributed by atoms with Gasteiger partial charge in [-0.2, -0.15) is 0 Å². The van der Waals surface area contributed by atoms with Crippen LogP contribution in [0.5, 0.6) is 0 Å². The Labute approximate surface area is 103 Å². The molecule has 0 amide bonds. The summed E-state index contributed by atoms with van der Waals surface area (Å²) in [5.41, 5.74) is 1.59. The van der Waals surface area contributed by atoms with Crippen LogP contribution in [-0.2, 0) is 0 Å². The molecule has 2 nitrogen and oxygen atoms in total. The molecule has 0 aliphatic carbocycles. The molecule has 1 rings (SSSR count). The van der Waals surface area contributed by atoms with Crippen molar-refractivity contribution in [2.75, 3.05) is 0 Å². The van der Waals surface area contributed by atoms with E-state index in [1.165, 1.54) is 5.56 Å². The predicted molar refractivity (Wildman–Crippen MR) is 70.5 cm³/mol. The Hall–Kier alpha value is -1.57. The molecule has 0 saturated heterocycles. The van der Waals surface area contributed by atoms with Gasteiger partial charge < -0.3 is 5.11 Å². The molecular weight excluding hydrogens is 212 g/mol. The fourth-order valence-corrected chi connectivity index (χ4v) is 2.04. The Balaban J connectivity index is 2.78. The molecule has 0 aliphatic heterocycles. The van der Waals surface area contributed by atoms with Crippen molar-refractivity contribution < 1.29 is 9.90 Å². The van der Waals surface area contributed by atoms with Gasteiger partial charge in [0.2, 0.25) is 0 Å². The van der Waals surface area contributed by atoms with Crippen LogP contribution in [0.1, 0.15) is 54.4 Å². The van der Waals surface area contributed by atoms with Crippen LogP contribution in [0, 0.1) is 0 Å². The molecule has 92 valence electrons. The van der Waals surface area contributed by atoms with Crippen molar-refractivity contribution in [3.05, 3.63) is 48.0 Å². The van der Waals surface area contributed by atoms with Gasteiger partial charge in [0.1, 0.15) is 0 Å². The molecule has 0 saturated carbocycles. The van der Waals surface area contributed by atoms with Gasteiger partial charge in [0.25, 0.3) is 0 Å². The summed E-state index contributed by atoms with van der Waals surface area (Å²) < 4.78 is 0. The van der Waals surface area contributed by atoms with Gasteiger partial charge in [-0.05, 0) is 42.9 Å². The molecule has 0 aromatic heterocycles. The number of benzene rings is 1. The molecule has 0 heterocycles. The molecule has 0 radical (unpaired) electrons. The minimum atomic E-state index is -0.866. The first kappa shape index (κ1) is 13.5. The Kier molecular flexibility index (Phi) is 5.47. The molecule has 0 spiro atoms. The van der Waals surface area contributed by atoms with Crippen LogP contribution in [0.15, 0.2) is 36.9 Å². The van der Waals surface area contributed by atoms with E-state index in [4.69, 9.17) is 5.11 Å². The van der Waals surface area contributed by atoms with Gasteiger partial charge in [0, 0.05) is 0 Å². The van der Waals surface area contributed by atoms with Crippen molar-refractivity contribution in [2.45, 2.75) is 38.5 Å². The SMILES string of the molecule is C=CCCC(CCC)c1ccc(C(=O)O)cc1. The average molecular weight is 232 g/mol. The topological polar surface area (TPSA) is 37.3 Å². The van der Waals surface area contributed by atoms with Crippen molar-refractivity contribution in [2.24, 2.45) is 0 Å². The van der Waals surface area contributed by atoms with Crippen molar-refractivity contribution in [1.29, 1.82) is 0 Å². The molecule has 1 aromatic rings. The number of carboxylic acid groups (broad SMARTS) is 1. The van der Waals surface area contributed by atoms with Crippen molar-refractivity contribution in [3.8, 4) is 0 Å².